The lowest BCUT2D eigenvalue weighted by Gasteiger charge is -2.09. The number of nitrogens with zero attached hydrogens (tertiary/aromatic N) is 1. The van der Waals surface area contributed by atoms with Crippen molar-refractivity contribution >= 4 is 17.5 Å². The number of ether oxygens (including phenoxy) is 1. The lowest BCUT2D eigenvalue weighted by molar-refractivity contribution is 0.0949. The minimum absolute atomic E-state index is 0.0636. The van der Waals surface area contributed by atoms with Gasteiger partial charge >= 0.3 is 0 Å². The van der Waals surface area contributed by atoms with E-state index in [2.05, 4.69) is 5.32 Å². The second-order valence-electron chi connectivity index (χ2n) is 4.61. The number of hydrogen-bond donors (Lipinski definition) is 1. The molecule has 2 rings (SSSR count). The SMILES string of the molecule is COc1ccc(CNC(=O)c2c(Cl)ccn(C)c2=O)cc1F. The van der Waals surface area contributed by atoms with Crippen molar-refractivity contribution < 1.29 is 13.9 Å². The standard InChI is InChI=1S/C15H14ClFN2O3/c1-19-6-5-10(16)13(15(19)21)14(20)18-8-9-3-4-12(22-2)11(17)7-9/h3-7H,8H2,1-2H3,(H,18,20). The quantitative estimate of drug-likeness (QED) is 0.937. The molecule has 0 saturated carbocycles. The number of pyridine rings is 1. The Labute approximate surface area is 131 Å². The van der Waals surface area contributed by atoms with Crippen LogP contribution in [0.15, 0.2) is 35.3 Å². The van der Waals surface area contributed by atoms with Crippen LogP contribution in [0.3, 0.4) is 0 Å². The Morgan fingerprint density at radius 1 is 1.41 bits per heavy atom. The van der Waals surface area contributed by atoms with Gasteiger partial charge in [-0.05, 0) is 23.8 Å². The summed E-state index contributed by atoms with van der Waals surface area (Å²) in [5.41, 5.74) is -0.0953. The molecule has 0 fully saturated rings. The van der Waals surface area contributed by atoms with Gasteiger partial charge in [-0.25, -0.2) is 4.39 Å². The highest BCUT2D eigenvalue weighted by atomic mass is 35.5. The number of hydrogen-bond acceptors (Lipinski definition) is 3. The van der Waals surface area contributed by atoms with Gasteiger partial charge in [0.1, 0.15) is 5.56 Å². The fraction of sp³-hybridized carbons (Fsp3) is 0.200. The lowest BCUT2D eigenvalue weighted by atomic mass is 10.2. The molecule has 116 valence electrons. The van der Waals surface area contributed by atoms with Crippen molar-refractivity contribution in [2.24, 2.45) is 7.05 Å². The molecule has 1 aromatic heterocycles. The molecule has 0 aliphatic rings. The fourth-order valence-electron chi connectivity index (χ4n) is 1.90. The van der Waals surface area contributed by atoms with E-state index in [1.807, 2.05) is 0 Å². The zero-order valence-electron chi connectivity index (χ0n) is 12.0. The first-order valence-corrected chi connectivity index (χ1v) is 6.77. The van der Waals surface area contributed by atoms with E-state index in [1.165, 1.54) is 43.1 Å². The van der Waals surface area contributed by atoms with Gasteiger partial charge in [-0.1, -0.05) is 17.7 Å². The van der Waals surface area contributed by atoms with Crippen LogP contribution in [0.2, 0.25) is 5.02 Å². The molecule has 1 N–H and O–H groups in total. The third-order valence-electron chi connectivity index (χ3n) is 3.11. The van der Waals surface area contributed by atoms with Crippen LogP contribution in [0.25, 0.3) is 0 Å². The Balaban J connectivity index is 2.16. The maximum absolute atomic E-state index is 13.6. The van der Waals surface area contributed by atoms with E-state index in [-0.39, 0.29) is 22.9 Å². The third kappa shape index (κ3) is 3.28. The van der Waals surface area contributed by atoms with Crippen LogP contribution < -0.4 is 15.6 Å². The Morgan fingerprint density at radius 2 is 2.14 bits per heavy atom. The fourth-order valence-corrected chi connectivity index (χ4v) is 2.13. The van der Waals surface area contributed by atoms with Gasteiger partial charge in [-0.15, -0.1) is 0 Å². The smallest absolute Gasteiger partial charge is 0.264 e. The summed E-state index contributed by atoms with van der Waals surface area (Å²) < 4.78 is 19.6. The first-order chi connectivity index (χ1) is 10.4. The molecule has 0 saturated heterocycles. The molecule has 1 aromatic carbocycles. The molecular formula is C15H14ClFN2O3. The molecule has 0 aliphatic heterocycles. The summed E-state index contributed by atoms with van der Waals surface area (Å²) in [5, 5.41) is 2.62. The van der Waals surface area contributed by atoms with Crippen molar-refractivity contribution in [1.82, 2.24) is 9.88 Å². The number of aromatic nitrogens is 1. The molecule has 22 heavy (non-hydrogen) atoms. The number of amides is 1. The van der Waals surface area contributed by atoms with Crippen LogP contribution in [-0.4, -0.2) is 17.6 Å². The second-order valence-corrected chi connectivity index (χ2v) is 5.01. The third-order valence-corrected chi connectivity index (χ3v) is 3.43. The molecule has 0 radical (unpaired) electrons. The maximum Gasteiger partial charge on any atom is 0.264 e. The Hall–Kier alpha value is -2.34. The number of nitrogens with one attached hydrogen (secondary N) is 1. The van der Waals surface area contributed by atoms with E-state index in [0.717, 1.165) is 0 Å². The van der Waals surface area contributed by atoms with E-state index < -0.39 is 17.3 Å². The van der Waals surface area contributed by atoms with Gasteiger partial charge in [0, 0.05) is 19.8 Å². The summed E-state index contributed by atoms with van der Waals surface area (Å²) in [6, 6.07) is 5.80. The van der Waals surface area contributed by atoms with E-state index in [0.29, 0.717) is 5.56 Å². The van der Waals surface area contributed by atoms with Crippen molar-refractivity contribution in [3.05, 3.63) is 62.8 Å². The number of methoxy groups -OCH3 is 1. The minimum atomic E-state index is -0.609. The normalized spacial score (nSPS) is 10.4. The van der Waals surface area contributed by atoms with Crippen LogP contribution in [0.4, 0.5) is 4.39 Å². The van der Waals surface area contributed by atoms with Crippen LogP contribution in [0, 0.1) is 5.82 Å². The van der Waals surface area contributed by atoms with Crippen molar-refractivity contribution in [2.45, 2.75) is 6.54 Å². The van der Waals surface area contributed by atoms with E-state index in [4.69, 9.17) is 16.3 Å². The Bertz CT molecular complexity index is 774. The number of rotatable bonds is 4. The highest BCUT2D eigenvalue weighted by Crippen LogP contribution is 2.17. The topological polar surface area (TPSA) is 60.3 Å². The zero-order valence-corrected chi connectivity index (χ0v) is 12.8. The zero-order chi connectivity index (χ0) is 16.3. The Kier molecular flexibility index (Phi) is 4.82. The molecule has 1 amide bonds. The molecule has 1 heterocycles. The molecule has 2 aromatic rings. The Morgan fingerprint density at radius 3 is 2.77 bits per heavy atom. The van der Waals surface area contributed by atoms with Gasteiger partial charge < -0.3 is 14.6 Å². The first-order valence-electron chi connectivity index (χ1n) is 6.39. The summed E-state index contributed by atoms with van der Waals surface area (Å²) in [5.74, 6) is -1.01. The largest absolute Gasteiger partial charge is 0.494 e. The molecule has 5 nitrogen and oxygen atoms in total. The second kappa shape index (κ2) is 6.62. The lowest BCUT2D eigenvalue weighted by Crippen LogP contribution is -2.32. The molecule has 0 aliphatic carbocycles. The van der Waals surface area contributed by atoms with Crippen molar-refractivity contribution in [3.8, 4) is 5.75 Å². The minimum Gasteiger partial charge on any atom is -0.494 e. The molecule has 0 spiro atoms. The van der Waals surface area contributed by atoms with Crippen molar-refractivity contribution in [2.75, 3.05) is 7.11 Å². The summed E-state index contributed by atoms with van der Waals surface area (Å²) in [6.45, 7) is 0.0636. The predicted octanol–water partition coefficient (Wildman–Crippen LogP) is 2.12. The maximum atomic E-state index is 13.6. The predicted molar refractivity (Wildman–Crippen MR) is 80.8 cm³/mol. The first kappa shape index (κ1) is 16.0. The number of carbonyl (C=O) groups is 1. The van der Waals surface area contributed by atoms with Gasteiger partial charge in [-0.3, -0.25) is 9.59 Å². The van der Waals surface area contributed by atoms with Gasteiger partial charge in [0.15, 0.2) is 11.6 Å². The summed E-state index contributed by atoms with van der Waals surface area (Å²) in [7, 11) is 2.89. The van der Waals surface area contributed by atoms with E-state index >= 15 is 0 Å². The highest BCUT2D eigenvalue weighted by molar-refractivity contribution is 6.33. The highest BCUT2D eigenvalue weighted by Gasteiger charge is 2.16. The van der Waals surface area contributed by atoms with E-state index in [1.54, 1.807) is 6.07 Å². The van der Waals surface area contributed by atoms with Crippen LogP contribution in [0.5, 0.6) is 5.75 Å². The molecule has 0 atom stereocenters. The number of benzene rings is 1. The van der Waals surface area contributed by atoms with E-state index in [9.17, 15) is 14.0 Å². The average Bonchev–Trinajstić information content (AvgIpc) is 2.49. The van der Waals surface area contributed by atoms with Crippen molar-refractivity contribution in [3.63, 3.8) is 0 Å². The average molecular weight is 325 g/mol. The number of aryl methyl sites for hydroxylation is 1. The molecular weight excluding hydrogens is 311 g/mol. The molecule has 0 unspecified atom stereocenters. The number of carbonyl (C=O) groups excluding carboxylic acids is 1. The summed E-state index contributed by atoms with van der Waals surface area (Å²) in [6.07, 6.45) is 1.47. The van der Waals surface area contributed by atoms with Crippen LogP contribution in [-0.2, 0) is 13.6 Å². The van der Waals surface area contributed by atoms with Crippen molar-refractivity contribution in [1.29, 1.82) is 0 Å². The molecule has 0 bridgehead atoms. The molecule has 7 heteroatoms. The van der Waals surface area contributed by atoms with Crippen LogP contribution >= 0.6 is 11.6 Å². The van der Waals surface area contributed by atoms with Gasteiger partial charge in [0.05, 0.1) is 12.1 Å². The van der Waals surface area contributed by atoms with Gasteiger partial charge in [0.2, 0.25) is 0 Å². The number of halogens is 2. The van der Waals surface area contributed by atoms with Gasteiger partial charge in [-0.2, -0.15) is 0 Å². The van der Waals surface area contributed by atoms with Gasteiger partial charge in [0.25, 0.3) is 11.5 Å². The van der Waals surface area contributed by atoms with Crippen LogP contribution in [0.1, 0.15) is 15.9 Å². The summed E-state index contributed by atoms with van der Waals surface area (Å²) >= 11 is 5.89. The summed E-state index contributed by atoms with van der Waals surface area (Å²) in [4.78, 5) is 24.0. The monoisotopic (exact) mass is 324 g/mol.